The number of methoxy groups -OCH3 is 1. The minimum absolute atomic E-state index is 0.107. The number of hydrogen-bond acceptors (Lipinski definition) is 6. The van der Waals surface area contributed by atoms with Gasteiger partial charge in [-0.2, -0.15) is 0 Å². The van der Waals surface area contributed by atoms with Crippen LogP contribution in [0.15, 0.2) is 51.7 Å². The van der Waals surface area contributed by atoms with Gasteiger partial charge in [0, 0.05) is 49.4 Å². The topological polar surface area (TPSA) is 77.6 Å². The molecule has 7 heteroatoms. The third-order valence-electron chi connectivity index (χ3n) is 6.37. The Morgan fingerprint density at radius 1 is 1.16 bits per heavy atom. The van der Waals surface area contributed by atoms with Crippen molar-refractivity contribution in [2.75, 3.05) is 20.2 Å². The van der Waals surface area contributed by atoms with Crippen LogP contribution in [0.25, 0.3) is 11.5 Å². The smallest absolute Gasteiger partial charge is 0.337 e. The number of carbonyl (C=O) groups is 1. The summed E-state index contributed by atoms with van der Waals surface area (Å²) in [6.45, 7) is 5.31. The summed E-state index contributed by atoms with van der Waals surface area (Å²) in [7, 11) is 1.37. The van der Waals surface area contributed by atoms with Gasteiger partial charge in [-0.05, 0) is 49.6 Å². The van der Waals surface area contributed by atoms with Crippen LogP contribution < -0.4 is 5.56 Å². The molecule has 0 unspecified atom stereocenters. The van der Waals surface area contributed by atoms with Crippen LogP contribution in [-0.2, 0) is 17.8 Å². The number of likely N-dealkylation sites (tertiary alicyclic amines) is 1. The minimum atomic E-state index is -0.365. The molecular weight excluding hydrogens is 394 g/mol. The van der Waals surface area contributed by atoms with Crippen LogP contribution in [0, 0.1) is 12.8 Å². The monoisotopic (exact) mass is 419 g/mol. The van der Waals surface area contributed by atoms with Crippen molar-refractivity contribution in [3.63, 3.8) is 0 Å². The molecule has 0 N–H and O–H groups in total. The van der Waals surface area contributed by atoms with Crippen LogP contribution in [0.4, 0.5) is 0 Å². The lowest BCUT2D eigenvalue weighted by Gasteiger charge is -2.42. The second kappa shape index (κ2) is 7.81. The maximum Gasteiger partial charge on any atom is 0.337 e. The molecule has 2 aromatic heterocycles. The Kier molecular flexibility index (Phi) is 4.98. The highest BCUT2D eigenvalue weighted by atomic mass is 16.5. The van der Waals surface area contributed by atoms with E-state index >= 15 is 0 Å². The normalized spacial score (nSPS) is 20.3. The SMILES string of the molecule is COC(=O)c1ccc(-c2nc(CN3C[C@@H]4C[C@@H](C3)c3cccc(=O)n3C4)c(C)o2)cc1. The van der Waals surface area contributed by atoms with Gasteiger partial charge >= 0.3 is 5.97 Å². The van der Waals surface area contributed by atoms with Crippen molar-refractivity contribution in [1.29, 1.82) is 0 Å². The second-order valence-corrected chi connectivity index (χ2v) is 8.48. The molecule has 3 aromatic rings. The van der Waals surface area contributed by atoms with E-state index in [0.717, 1.165) is 55.3 Å². The number of rotatable bonds is 4. The predicted octanol–water partition coefficient (Wildman–Crippen LogP) is 3.22. The molecule has 5 rings (SSSR count). The quantitative estimate of drug-likeness (QED) is 0.605. The molecule has 2 aliphatic heterocycles. The lowest BCUT2D eigenvalue weighted by Crippen LogP contribution is -2.46. The standard InChI is InChI=1S/C24H25N3O4/c1-15-20(25-23(31-15)17-6-8-18(9-7-17)24(29)30-2)14-26-11-16-10-19(13-26)21-4-3-5-22(28)27(21)12-16/h3-9,16,19H,10-14H2,1-2H3/t16-,19-/m0/s1. The van der Waals surface area contributed by atoms with Gasteiger partial charge in [0.15, 0.2) is 0 Å². The number of fused-ring (bicyclic) bond motifs is 4. The summed E-state index contributed by atoms with van der Waals surface area (Å²) >= 11 is 0. The van der Waals surface area contributed by atoms with Crippen LogP contribution in [0.5, 0.6) is 0 Å². The van der Waals surface area contributed by atoms with E-state index in [1.807, 2.05) is 29.7 Å². The fourth-order valence-electron chi connectivity index (χ4n) is 4.90. The third kappa shape index (κ3) is 3.70. The number of benzene rings is 1. The Labute approximate surface area is 180 Å². The van der Waals surface area contributed by atoms with Crippen LogP contribution in [0.3, 0.4) is 0 Å². The molecule has 2 bridgehead atoms. The van der Waals surface area contributed by atoms with Crippen molar-refractivity contribution in [1.82, 2.24) is 14.5 Å². The number of nitrogens with zero attached hydrogens (tertiary/aromatic N) is 3. The molecule has 7 nitrogen and oxygen atoms in total. The van der Waals surface area contributed by atoms with Gasteiger partial charge < -0.3 is 13.7 Å². The molecule has 2 aliphatic rings. The molecule has 2 atom stereocenters. The average Bonchev–Trinajstić information content (AvgIpc) is 3.14. The Morgan fingerprint density at radius 2 is 1.97 bits per heavy atom. The molecule has 1 fully saturated rings. The number of aromatic nitrogens is 2. The first kappa shape index (κ1) is 19.8. The van der Waals surface area contributed by atoms with Crippen molar-refractivity contribution < 1.29 is 13.9 Å². The molecule has 0 radical (unpaired) electrons. The van der Waals surface area contributed by atoms with Gasteiger partial charge in [0.1, 0.15) is 5.76 Å². The molecule has 1 aromatic carbocycles. The number of aryl methyl sites for hydroxylation is 1. The van der Waals surface area contributed by atoms with Gasteiger partial charge in [0.25, 0.3) is 5.56 Å². The molecule has 160 valence electrons. The first-order valence-corrected chi connectivity index (χ1v) is 10.6. The highest BCUT2D eigenvalue weighted by Gasteiger charge is 2.34. The van der Waals surface area contributed by atoms with E-state index in [-0.39, 0.29) is 11.5 Å². The maximum absolute atomic E-state index is 12.2. The van der Waals surface area contributed by atoms with E-state index in [0.29, 0.717) is 23.3 Å². The first-order valence-electron chi connectivity index (χ1n) is 10.6. The molecule has 0 aliphatic carbocycles. The Hall–Kier alpha value is -3.19. The summed E-state index contributed by atoms with van der Waals surface area (Å²) in [5.74, 6) is 1.84. The number of oxazole rings is 1. The number of esters is 1. The van der Waals surface area contributed by atoms with E-state index in [1.165, 1.54) is 7.11 Å². The molecule has 0 saturated carbocycles. The second-order valence-electron chi connectivity index (χ2n) is 8.48. The van der Waals surface area contributed by atoms with E-state index in [4.69, 9.17) is 14.1 Å². The largest absolute Gasteiger partial charge is 0.465 e. The van der Waals surface area contributed by atoms with Gasteiger partial charge in [-0.15, -0.1) is 0 Å². The van der Waals surface area contributed by atoms with E-state index < -0.39 is 0 Å². The zero-order valence-corrected chi connectivity index (χ0v) is 17.7. The number of hydrogen-bond donors (Lipinski definition) is 0. The summed E-state index contributed by atoms with van der Waals surface area (Å²) in [6, 6.07) is 12.7. The zero-order valence-electron chi connectivity index (χ0n) is 17.7. The van der Waals surface area contributed by atoms with Crippen molar-refractivity contribution in [2.24, 2.45) is 5.92 Å². The highest BCUT2D eigenvalue weighted by Crippen LogP contribution is 2.35. The van der Waals surface area contributed by atoms with E-state index in [9.17, 15) is 9.59 Å². The summed E-state index contributed by atoms with van der Waals surface area (Å²) in [5.41, 5.74) is 3.50. The van der Waals surface area contributed by atoms with Gasteiger partial charge in [0.05, 0.1) is 18.4 Å². The van der Waals surface area contributed by atoms with E-state index in [2.05, 4.69) is 11.0 Å². The Bertz CT molecular complexity index is 1180. The number of piperidine rings is 1. The van der Waals surface area contributed by atoms with Crippen molar-refractivity contribution in [3.8, 4) is 11.5 Å². The molecule has 0 amide bonds. The average molecular weight is 419 g/mol. The maximum atomic E-state index is 12.2. The number of ether oxygens (including phenoxy) is 1. The fraction of sp³-hybridized carbons (Fsp3) is 0.375. The Balaban J connectivity index is 1.33. The van der Waals surface area contributed by atoms with E-state index in [1.54, 1.807) is 18.2 Å². The van der Waals surface area contributed by atoms with Crippen molar-refractivity contribution >= 4 is 5.97 Å². The summed E-state index contributed by atoms with van der Waals surface area (Å²) in [5, 5.41) is 0. The summed E-state index contributed by atoms with van der Waals surface area (Å²) in [4.78, 5) is 31.0. The molecule has 1 saturated heterocycles. The van der Waals surface area contributed by atoms with Crippen molar-refractivity contribution in [2.45, 2.75) is 32.4 Å². The fourth-order valence-corrected chi connectivity index (χ4v) is 4.90. The first-order chi connectivity index (χ1) is 15.0. The van der Waals surface area contributed by atoms with Crippen LogP contribution in [0.1, 0.15) is 39.8 Å². The predicted molar refractivity (Wildman–Crippen MR) is 115 cm³/mol. The van der Waals surface area contributed by atoms with Crippen molar-refractivity contribution in [3.05, 3.63) is 75.5 Å². The molecule has 0 spiro atoms. The highest BCUT2D eigenvalue weighted by molar-refractivity contribution is 5.89. The van der Waals surface area contributed by atoms with Crippen LogP contribution >= 0.6 is 0 Å². The minimum Gasteiger partial charge on any atom is -0.465 e. The molecular formula is C24H25N3O4. The number of carbonyl (C=O) groups excluding carboxylic acids is 1. The van der Waals surface area contributed by atoms with Gasteiger partial charge in [-0.3, -0.25) is 9.69 Å². The lowest BCUT2D eigenvalue weighted by atomic mass is 9.83. The van der Waals surface area contributed by atoms with Crippen LogP contribution in [-0.4, -0.2) is 40.6 Å². The molecule has 31 heavy (non-hydrogen) atoms. The Morgan fingerprint density at radius 3 is 2.74 bits per heavy atom. The lowest BCUT2D eigenvalue weighted by molar-refractivity contribution is 0.0600. The van der Waals surface area contributed by atoms with Gasteiger partial charge in [-0.25, -0.2) is 9.78 Å². The van der Waals surface area contributed by atoms with Crippen LogP contribution in [0.2, 0.25) is 0 Å². The number of pyridine rings is 1. The summed E-state index contributed by atoms with van der Waals surface area (Å²) < 4.78 is 12.6. The third-order valence-corrected chi connectivity index (χ3v) is 6.37. The zero-order chi connectivity index (χ0) is 21.5. The van der Waals surface area contributed by atoms with Gasteiger partial charge in [0.2, 0.25) is 5.89 Å². The van der Waals surface area contributed by atoms with Gasteiger partial charge in [-0.1, -0.05) is 6.07 Å². The summed E-state index contributed by atoms with van der Waals surface area (Å²) in [6.07, 6.45) is 1.13. The molecule has 4 heterocycles.